The lowest BCUT2D eigenvalue weighted by atomic mass is 10.2. The molecule has 4 rings (SSSR count). The van der Waals surface area contributed by atoms with Crippen molar-refractivity contribution in [2.45, 2.75) is 13.2 Å². The van der Waals surface area contributed by atoms with Gasteiger partial charge >= 0.3 is 6.03 Å². The highest BCUT2D eigenvalue weighted by Crippen LogP contribution is 2.13. The summed E-state index contributed by atoms with van der Waals surface area (Å²) in [6, 6.07) is 13.0. The number of furan rings is 1. The van der Waals surface area contributed by atoms with Crippen molar-refractivity contribution in [3.05, 3.63) is 72.4 Å². The topological polar surface area (TPSA) is 95.8 Å². The van der Waals surface area contributed by atoms with Crippen LogP contribution in [0.5, 0.6) is 0 Å². The second kappa shape index (κ2) is 11.3. The number of hydrogen-bond donors (Lipinski definition) is 2. The molecule has 32 heavy (non-hydrogen) atoms. The standard InChI is InChI=1S/C23H28N6O3/c30-23(26-9-10-28-11-13-29(14-12-28)22-24-7-3-8-25-22)27-20-5-1-4-19(16-20)17-31-18-21-6-2-15-32-21/h1-8,15-16H,9-14,17-18H2,(H2,26,27,30). The van der Waals surface area contributed by atoms with Crippen molar-refractivity contribution in [3.8, 4) is 0 Å². The lowest BCUT2D eigenvalue weighted by Crippen LogP contribution is -2.49. The summed E-state index contributed by atoms with van der Waals surface area (Å²) in [5.74, 6) is 1.56. The maximum atomic E-state index is 12.3. The van der Waals surface area contributed by atoms with Gasteiger partial charge in [-0.1, -0.05) is 12.1 Å². The van der Waals surface area contributed by atoms with Gasteiger partial charge in [-0.2, -0.15) is 0 Å². The predicted molar refractivity (Wildman–Crippen MR) is 121 cm³/mol. The fourth-order valence-electron chi connectivity index (χ4n) is 3.53. The molecule has 9 nitrogen and oxygen atoms in total. The minimum atomic E-state index is -0.213. The molecule has 9 heteroatoms. The molecular weight excluding hydrogens is 408 g/mol. The second-order valence-electron chi connectivity index (χ2n) is 7.53. The van der Waals surface area contributed by atoms with Crippen LogP contribution in [0.2, 0.25) is 0 Å². The highest BCUT2D eigenvalue weighted by Gasteiger charge is 2.18. The summed E-state index contributed by atoms with van der Waals surface area (Å²) in [5, 5.41) is 5.81. The number of carbonyl (C=O) groups excluding carboxylic acids is 1. The van der Waals surface area contributed by atoms with Crippen molar-refractivity contribution in [2.75, 3.05) is 49.5 Å². The highest BCUT2D eigenvalue weighted by atomic mass is 16.5. The number of aromatic nitrogens is 2. The third-order valence-electron chi connectivity index (χ3n) is 5.20. The maximum absolute atomic E-state index is 12.3. The normalized spacial score (nSPS) is 14.3. The van der Waals surface area contributed by atoms with E-state index in [0.29, 0.717) is 19.8 Å². The quantitative estimate of drug-likeness (QED) is 0.532. The van der Waals surface area contributed by atoms with Crippen LogP contribution in [0, 0.1) is 0 Å². The number of urea groups is 1. The zero-order chi connectivity index (χ0) is 22.0. The molecule has 0 aliphatic carbocycles. The number of amides is 2. The number of nitrogens with one attached hydrogen (secondary N) is 2. The first-order valence-electron chi connectivity index (χ1n) is 10.7. The number of anilines is 2. The highest BCUT2D eigenvalue weighted by molar-refractivity contribution is 5.89. The summed E-state index contributed by atoms with van der Waals surface area (Å²) >= 11 is 0. The van der Waals surface area contributed by atoms with Crippen LogP contribution in [-0.2, 0) is 18.0 Å². The number of benzene rings is 1. The van der Waals surface area contributed by atoms with Gasteiger partial charge in [0, 0.05) is 57.3 Å². The molecule has 2 N–H and O–H groups in total. The Hall–Kier alpha value is -3.43. The molecule has 1 aliphatic heterocycles. The SMILES string of the molecule is O=C(NCCN1CCN(c2ncccn2)CC1)Nc1cccc(COCc2ccco2)c1. The predicted octanol–water partition coefficient (Wildman–Crippen LogP) is 2.73. The third kappa shape index (κ3) is 6.53. The van der Waals surface area contributed by atoms with Gasteiger partial charge in [0.15, 0.2) is 0 Å². The van der Waals surface area contributed by atoms with Gasteiger partial charge in [-0.3, -0.25) is 4.90 Å². The van der Waals surface area contributed by atoms with Crippen molar-refractivity contribution in [1.29, 1.82) is 0 Å². The lowest BCUT2D eigenvalue weighted by Gasteiger charge is -2.34. The molecule has 2 aromatic heterocycles. The number of piperazine rings is 1. The van der Waals surface area contributed by atoms with Crippen LogP contribution in [0.25, 0.3) is 0 Å². The molecule has 168 valence electrons. The van der Waals surface area contributed by atoms with Crippen LogP contribution in [0.4, 0.5) is 16.4 Å². The van der Waals surface area contributed by atoms with Gasteiger partial charge < -0.3 is 24.7 Å². The first-order chi connectivity index (χ1) is 15.8. The van der Waals surface area contributed by atoms with Crippen LogP contribution in [0.3, 0.4) is 0 Å². The third-order valence-corrected chi connectivity index (χ3v) is 5.20. The van der Waals surface area contributed by atoms with E-state index >= 15 is 0 Å². The van der Waals surface area contributed by atoms with Crippen molar-refractivity contribution < 1.29 is 13.9 Å². The Morgan fingerprint density at radius 2 is 1.88 bits per heavy atom. The molecule has 1 aromatic carbocycles. The molecule has 1 aliphatic rings. The second-order valence-corrected chi connectivity index (χ2v) is 7.53. The number of nitrogens with zero attached hydrogens (tertiary/aromatic N) is 4. The summed E-state index contributed by atoms with van der Waals surface area (Å²) in [7, 11) is 0. The molecule has 0 spiro atoms. The number of carbonyl (C=O) groups is 1. The minimum Gasteiger partial charge on any atom is -0.467 e. The Bertz CT molecular complexity index is 959. The molecule has 2 amide bonds. The summed E-state index contributed by atoms with van der Waals surface area (Å²) in [6.45, 7) is 5.84. The fourth-order valence-corrected chi connectivity index (χ4v) is 3.53. The molecule has 0 unspecified atom stereocenters. The average molecular weight is 437 g/mol. The van der Waals surface area contributed by atoms with Crippen LogP contribution >= 0.6 is 0 Å². The van der Waals surface area contributed by atoms with Crippen LogP contribution in [0.15, 0.2) is 65.5 Å². The number of hydrogen-bond acceptors (Lipinski definition) is 7. The summed E-state index contributed by atoms with van der Waals surface area (Å²) in [5.41, 5.74) is 1.72. The minimum absolute atomic E-state index is 0.213. The molecule has 3 aromatic rings. The molecule has 1 fully saturated rings. The van der Waals surface area contributed by atoms with E-state index < -0.39 is 0 Å². The van der Waals surface area contributed by atoms with Crippen LogP contribution < -0.4 is 15.5 Å². The Morgan fingerprint density at radius 3 is 2.66 bits per heavy atom. The van der Waals surface area contributed by atoms with Crippen molar-refractivity contribution in [3.63, 3.8) is 0 Å². The van der Waals surface area contributed by atoms with Crippen LogP contribution in [0.1, 0.15) is 11.3 Å². The van der Waals surface area contributed by atoms with E-state index in [-0.39, 0.29) is 6.03 Å². The van der Waals surface area contributed by atoms with E-state index in [1.165, 1.54) is 0 Å². The van der Waals surface area contributed by atoms with Gasteiger partial charge in [0.05, 0.1) is 12.9 Å². The van der Waals surface area contributed by atoms with Gasteiger partial charge in [-0.05, 0) is 35.9 Å². The van der Waals surface area contributed by atoms with E-state index in [1.54, 1.807) is 18.7 Å². The maximum Gasteiger partial charge on any atom is 0.319 e. The first kappa shape index (κ1) is 21.8. The molecule has 0 radical (unpaired) electrons. The Balaban J connectivity index is 1.13. The molecule has 3 heterocycles. The zero-order valence-corrected chi connectivity index (χ0v) is 17.9. The van der Waals surface area contributed by atoms with Gasteiger partial charge in [-0.25, -0.2) is 14.8 Å². The van der Waals surface area contributed by atoms with E-state index in [1.807, 2.05) is 42.5 Å². The smallest absolute Gasteiger partial charge is 0.319 e. The van der Waals surface area contributed by atoms with Gasteiger partial charge in [-0.15, -0.1) is 0 Å². The lowest BCUT2D eigenvalue weighted by molar-refractivity contribution is 0.0930. The summed E-state index contributed by atoms with van der Waals surface area (Å²) in [4.78, 5) is 25.4. The van der Waals surface area contributed by atoms with E-state index in [0.717, 1.165) is 55.7 Å². The van der Waals surface area contributed by atoms with Crippen molar-refractivity contribution in [1.82, 2.24) is 20.2 Å². The zero-order valence-electron chi connectivity index (χ0n) is 17.9. The van der Waals surface area contributed by atoms with Gasteiger partial charge in [0.25, 0.3) is 0 Å². The number of ether oxygens (including phenoxy) is 1. The molecule has 0 saturated carbocycles. The van der Waals surface area contributed by atoms with Gasteiger partial charge in [0.2, 0.25) is 5.95 Å². The number of rotatable bonds is 9. The molecule has 1 saturated heterocycles. The van der Waals surface area contributed by atoms with Gasteiger partial charge in [0.1, 0.15) is 12.4 Å². The Morgan fingerprint density at radius 1 is 1.03 bits per heavy atom. The molecular formula is C23H28N6O3. The van der Waals surface area contributed by atoms with E-state index in [9.17, 15) is 4.79 Å². The first-order valence-corrected chi connectivity index (χ1v) is 10.7. The monoisotopic (exact) mass is 436 g/mol. The van der Waals surface area contributed by atoms with E-state index in [2.05, 4.69) is 30.4 Å². The largest absolute Gasteiger partial charge is 0.467 e. The summed E-state index contributed by atoms with van der Waals surface area (Å²) in [6.07, 6.45) is 5.16. The van der Waals surface area contributed by atoms with Crippen LogP contribution in [-0.4, -0.2) is 60.2 Å². The Labute approximate surface area is 187 Å². The average Bonchev–Trinajstić information content (AvgIpc) is 3.34. The fraction of sp³-hybridized carbons (Fsp3) is 0.348. The molecule has 0 bridgehead atoms. The van der Waals surface area contributed by atoms with Crippen molar-refractivity contribution >= 4 is 17.7 Å². The Kier molecular flexibility index (Phi) is 7.67. The van der Waals surface area contributed by atoms with Crippen molar-refractivity contribution in [2.24, 2.45) is 0 Å². The van der Waals surface area contributed by atoms with E-state index in [4.69, 9.17) is 9.15 Å². The summed E-state index contributed by atoms with van der Waals surface area (Å²) < 4.78 is 10.9. The molecule has 0 atom stereocenters.